The SMILES string of the molecule is Cc1cc(Cl)ccc1NC(=O)C(=O)Nc1ccccc1[N+](=O)[O-]. The normalized spacial score (nSPS) is 10.0. The number of anilines is 2. The van der Waals surface area contributed by atoms with Gasteiger partial charge in [0.05, 0.1) is 4.92 Å². The lowest BCUT2D eigenvalue weighted by Crippen LogP contribution is -2.29. The Balaban J connectivity index is 2.12. The molecule has 0 bridgehead atoms. The number of hydrogen-bond acceptors (Lipinski definition) is 4. The van der Waals surface area contributed by atoms with Crippen LogP contribution in [-0.4, -0.2) is 16.7 Å². The first-order chi connectivity index (χ1) is 10.9. The fourth-order valence-corrected chi connectivity index (χ4v) is 2.09. The van der Waals surface area contributed by atoms with Crippen molar-refractivity contribution in [3.63, 3.8) is 0 Å². The fourth-order valence-electron chi connectivity index (χ4n) is 1.86. The summed E-state index contributed by atoms with van der Waals surface area (Å²) in [5.41, 5.74) is 0.767. The van der Waals surface area contributed by atoms with Crippen LogP contribution in [0.3, 0.4) is 0 Å². The van der Waals surface area contributed by atoms with E-state index < -0.39 is 16.7 Å². The van der Waals surface area contributed by atoms with Crippen LogP contribution >= 0.6 is 11.6 Å². The van der Waals surface area contributed by atoms with Gasteiger partial charge in [0.1, 0.15) is 5.69 Å². The second-order valence-corrected chi connectivity index (χ2v) is 5.08. The van der Waals surface area contributed by atoms with Crippen molar-refractivity contribution >= 4 is 40.5 Å². The van der Waals surface area contributed by atoms with Crippen LogP contribution in [-0.2, 0) is 9.59 Å². The Bertz CT molecular complexity index is 792. The van der Waals surface area contributed by atoms with Gasteiger partial charge in [0.2, 0.25) is 0 Å². The van der Waals surface area contributed by atoms with Crippen molar-refractivity contribution in [1.82, 2.24) is 0 Å². The highest BCUT2D eigenvalue weighted by Crippen LogP contribution is 2.23. The molecule has 8 heteroatoms. The maximum atomic E-state index is 11.9. The van der Waals surface area contributed by atoms with Gasteiger partial charge in [-0.3, -0.25) is 19.7 Å². The molecule has 0 aliphatic rings. The van der Waals surface area contributed by atoms with Gasteiger partial charge in [0.25, 0.3) is 5.69 Å². The van der Waals surface area contributed by atoms with E-state index in [-0.39, 0.29) is 11.4 Å². The molecule has 2 N–H and O–H groups in total. The molecule has 7 nitrogen and oxygen atoms in total. The van der Waals surface area contributed by atoms with E-state index >= 15 is 0 Å². The summed E-state index contributed by atoms with van der Waals surface area (Å²) >= 11 is 5.81. The molecule has 0 saturated carbocycles. The summed E-state index contributed by atoms with van der Waals surface area (Å²) < 4.78 is 0. The van der Waals surface area contributed by atoms with Crippen LogP contribution in [0.2, 0.25) is 5.02 Å². The average Bonchev–Trinajstić information content (AvgIpc) is 2.50. The zero-order valence-electron chi connectivity index (χ0n) is 12.0. The Kier molecular flexibility index (Phi) is 4.92. The molecule has 0 heterocycles. The molecule has 118 valence electrons. The molecular formula is C15H12ClN3O4. The number of aryl methyl sites for hydroxylation is 1. The number of nitro groups is 1. The maximum absolute atomic E-state index is 11.9. The van der Waals surface area contributed by atoms with Crippen LogP contribution in [0.1, 0.15) is 5.56 Å². The van der Waals surface area contributed by atoms with Crippen molar-refractivity contribution in [3.05, 3.63) is 63.2 Å². The predicted octanol–water partition coefficient (Wildman–Crippen LogP) is 3.13. The third-order valence-corrected chi connectivity index (χ3v) is 3.23. The van der Waals surface area contributed by atoms with Crippen molar-refractivity contribution in [3.8, 4) is 0 Å². The van der Waals surface area contributed by atoms with E-state index in [9.17, 15) is 19.7 Å². The van der Waals surface area contributed by atoms with Gasteiger partial charge in [0, 0.05) is 16.8 Å². The molecule has 2 amide bonds. The quantitative estimate of drug-likeness (QED) is 0.511. The van der Waals surface area contributed by atoms with Gasteiger partial charge in [-0.25, -0.2) is 0 Å². The zero-order valence-corrected chi connectivity index (χ0v) is 12.8. The smallest absolute Gasteiger partial charge is 0.314 e. The summed E-state index contributed by atoms with van der Waals surface area (Å²) in [4.78, 5) is 34.0. The van der Waals surface area contributed by atoms with Gasteiger partial charge in [-0.05, 0) is 36.8 Å². The Morgan fingerprint density at radius 1 is 1.04 bits per heavy atom. The highest BCUT2D eigenvalue weighted by molar-refractivity contribution is 6.44. The third kappa shape index (κ3) is 4.04. The first-order valence-corrected chi connectivity index (χ1v) is 6.88. The molecule has 2 aromatic carbocycles. The molecule has 0 saturated heterocycles. The minimum absolute atomic E-state index is 0.0505. The van der Waals surface area contributed by atoms with Gasteiger partial charge in [0.15, 0.2) is 0 Å². The van der Waals surface area contributed by atoms with Crippen molar-refractivity contribution < 1.29 is 14.5 Å². The maximum Gasteiger partial charge on any atom is 0.314 e. The topological polar surface area (TPSA) is 101 Å². The van der Waals surface area contributed by atoms with Crippen LogP contribution in [0.5, 0.6) is 0 Å². The molecule has 0 aliphatic heterocycles. The van der Waals surface area contributed by atoms with Crippen LogP contribution < -0.4 is 10.6 Å². The van der Waals surface area contributed by atoms with Gasteiger partial charge in [-0.15, -0.1) is 0 Å². The number of rotatable bonds is 3. The number of carbonyl (C=O) groups is 2. The lowest BCUT2D eigenvalue weighted by atomic mass is 10.2. The molecule has 2 aromatic rings. The number of nitrogens with one attached hydrogen (secondary N) is 2. The molecule has 0 aliphatic carbocycles. The van der Waals surface area contributed by atoms with E-state index in [1.807, 2.05) is 0 Å². The van der Waals surface area contributed by atoms with E-state index in [0.29, 0.717) is 16.3 Å². The standard InChI is InChI=1S/C15H12ClN3O4/c1-9-8-10(16)6-7-11(9)17-14(20)15(21)18-12-4-2-3-5-13(12)19(22)23/h2-8H,1H3,(H,17,20)(H,18,21). The van der Waals surface area contributed by atoms with Crippen molar-refractivity contribution in [1.29, 1.82) is 0 Å². The zero-order chi connectivity index (χ0) is 17.0. The number of nitrogens with zero attached hydrogens (tertiary/aromatic N) is 1. The number of para-hydroxylation sites is 2. The van der Waals surface area contributed by atoms with Gasteiger partial charge >= 0.3 is 11.8 Å². The van der Waals surface area contributed by atoms with Crippen LogP contribution in [0.25, 0.3) is 0 Å². The molecule has 0 spiro atoms. The average molecular weight is 334 g/mol. The van der Waals surface area contributed by atoms with Gasteiger partial charge < -0.3 is 10.6 Å². The minimum atomic E-state index is -1.01. The third-order valence-electron chi connectivity index (χ3n) is 2.99. The predicted molar refractivity (Wildman–Crippen MR) is 86.5 cm³/mol. The van der Waals surface area contributed by atoms with E-state index in [1.165, 1.54) is 24.3 Å². The van der Waals surface area contributed by atoms with Crippen molar-refractivity contribution in [2.75, 3.05) is 10.6 Å². The molecule has 0 aromatic heterocycles. The number of hydrogen-bond donors (Lipinski definition) is 2. The Labute approximate surface area is 136 Å². The summed E-state index contributed by atoms with van der Waals surface area (Å²) in [6.07, 6.45) is 0. The number of nitro benzene ring substituents is 1. The van der Waals surface area contributed by atoms with Crippen LogP contribution in [0.15, 0.2) is 42.5 Å². The van der Waals surface area contributed by atoms with Crippen LogP contribution in [0, 0.1) is 17.0 Å². The minimum Gasteiger partial charge on any atom is -0.318 e. The highest BCUT2D eigenvalue weighted by Gasteiger charge is 2.20. The number of amides is 2. The highest BCUT2D eigenvalue weighted by atomic mass is 35.5. The van der Waals surface area contributed by atoms with Gasteiger partial charge in [-0.2, -0.15) is 0 Å². The van der Waals surface area contributed by atoms with E-state index in [1.54, 1.807) is 25.1 Å². The van der Waals surface area contributed by atoms with E-state index in [0.717, 1.165) is 0 Å². The number of halogens is 1. The summed E-state index contributed by atoms with van der Waals surface area (Å²) in [6, 6.07) is 10.3. The molecule has 0 radical (unpaired) electrons. The fraction of sp³-hybridized carbons (Fsp3) is 0.0667. The lowest BCUT2D eigenvalue weighted by molar-refractivity contribution is -0.383. The summed E-state index contributed by atoms with van der Waals surface area (Å²) in [5.74, 6) is -1.94. The molecule has 0 atom stereocenters. The largest absolute Gasteiger partial charge is 0.318 e. The summed E-state index contributed by atoms with van der Waals surface area (Å²) in [5, 5.41) is 16.0. The summed E-state index contributed by atoms with van der Waals surface area (Å²) in [6.45, 7) is 1.72. The van der Waals surface area contributed by atoms with E-state index in [2.05, 4.69) is 10.6 Å². The van der Waals surface area contributed by atoms with Crippen molar-refractivity contribution in [2.24, 2.45) is 0 Å². The van der Waals surface area contributed by atoms with E-state index in [4.69, 9.17) is 11.6 Å². The Morgan fingerprint density at radius 2 is 1.65 bits per heavy atom. The number of benzene rings is 2. The summed E-state index contributed by atoms with van der Waals surface area (Å²) in [7, 11) is 0. The number of carbonyl (C=O) groups excluding carboxylic acids is 2. The second kappa shape index (κ2) is 6.89. The first kappa shape index (κ1) is 16.4. The van der Waals surface area contributed by atoms with Crippen LogP contribution in [0.4, 0.5) is 17.1 Å². The molecule has 0 unspecified atom stereocenters. The molecule has 0 fully saturated rings. The molecule has 23 heavy (non-hydrogen) atoms. The monoisotopic (exact) mass is 333 g/mol. The second-order valence-electron chi connectivity index (χ2n) is 4.64. The van der Waals surface area contributed by atoms with Crippen molar-refractivity contribution in [2.45, 2.75) is 6.92 Å². The lowest BCUT2D eigenvalue weighted by Gasteiger charge is -2.09. The molecule has 2 rings (SSSR count). The van der Waals surface area contributed by atoms with Gasteiger partial charge in [-0.1, -0.05) is 23.7 Å². The molecular weight excluding hydrogens is 322 g/mol. The first-order valence-electron chi connectivity index (χ1n) is 6.50. The Hall–Kier alpha value is -2.93. The Morgan fingerprint density at radius 3 is 2.26 bits per heavy atom.